The molecule has 80 valence electrons. The number of alkyl halides is 1. The van der Waals surface area contributed by atoms with Gasteiger partial charge in [-0.05, 0) is 13.8 Å². The molecule has 15 heavy (non-hydrogen) atoms. The van der Waals surface area contributed by atoms with Gasteiger partial charge in [0.2, 0.25) is 0 Å². The average Bonchev–Trinajstić information content (AvgIpc) is 2.80. The number of aryl methyl sites for hydroxylation is 2. The number of rotatable bonds is 3. The minimum atomic E-state index is 0.439. The van der Waals surface area contributed by atoms with E-state index in [4.69, 9.17) is 16.1 Å². The first-order chi connectivity index (χ1) is 7.20. The first-order valence-corrected chi connectivity index (χ1v) is 5.22. The first kappa shape index (κ1) is 10.2. The van der Waals surface area contributed by atoms with E-state index in [0.717, 1.165) is 29.3 Å². The van der Waals surface area contributed by atoms with E-state index in [9.17, 15) is 0 Å². The van der Waals surface area contributed by atoms with Gasteiger partial charge in [-0.15, -0.1) is 11.6 Å². The van der Waals surface area contributed by atoms with E-state index in [2.05, 4.69) is 10.1 Å². The summed E-state index contributed by atoms with van der Waals surface area (Å²) in [5.74, 6) is 1.29. The molecule has 0 spiro atoms. The Balaban J connectivity index is 2.21. The zero-order valence-corrected chi connectivity index (χ0v) is 9.45. The van der Waals surface area contributed by atoms with Crippen LogP contribution in [0.4, 0.5) is 0 Å². The van der Waals surface area contributed by atoms with Crippen LogP contribution in [0.2, 0.25) is 0 Å². The van der Waals surface area contributed by atoms with Gasteiger partial charge in [-0.25, -0.2) is 4.98 Å². The number of aromatic nitrogens is 3. The molecule has 0 saturated carbocycles. The Morgan fingerprint density at radius 1 is 1.47 bits per heavy atom. The van der Waals surface area contributed by atoms with Crippen molar-refractivity contribution in [3.05, 3.63) is 35.2 Å². The summed E-state index contributed by atoms with van der Waals surface area (Å²) in [5, 5.41) is 3.90. The molecule has 5 heteroatoms. The van der Waals surface area contributed by atoms with Gasteiger partial charge in [-0.1, -0.05) is 5.16 Å². The lowest BCUT2D eigenvalue weighted by atomic mass is 10.2. The highest BCUT2D eigenvalue weighted by Gasteiger charge is 2.09. The van der Waals surface area contributed by atoms with E-state index >= 15 is 0 Å². The summed E-state index contributed by atoms with van der Waals surface area (Å²) in [5.41, 5.74) is 2.91. The number of nitrogens with zero attached hydrogens (tertiary/aromatic N) is 3. The number of imidazole rings is 1. The molecule has 0 atom stereocenters. The Morgan fingerprint density at radius 2 is 2.27 bits per heavy atom. The summed E-state index contributed by atoms with van der Waals surface area (Å²) < 4.78 is 7.07. The second-order valence-electron chi connectivity index (χ2n) is 3.47. The van der Waals surface area contributed by atoms with Gasteiger partial charge in [0, 0.05) is 11.8 Å². The predicted molar refractivity (Wildman–Crippen MR) is 56.9 cm³/mol. The van der Waals surface area contributed by atoms with Crippen molar-refractivity contribution in [3.63, 3.8) is 0 Å². The normalized spacial score (nSPS) is 10.9. The Bertz CT molecular complexity index is 441. The zero-order chi connectivity index (χ0) is 10.8. The van der Waals surface area contributed by atoms with Crippen molar-refractivity contribution in [1.82, 2.24) is 14.7 Å². The molecule has 4 nitrogen and oxygen atoms in total. The smallest absolute Gasteiger partial charge is 0.138 e. The number of hydrogen-bond acceptors (Lipinski definition) is 3. The van der Waals surface area contributed by atoms with Crippen LogP contribution in [-0.2, 0) is 12.4 Å². The van der Waals surface area contributed by atoms with Crippen molar-refractivity contribution in [1.29, 1.82) is 0 Å². The summed E-state index contributed by atoms with van der Waals surface area (Å²) in [6, 6.07) is 0. The van der Waals surface area contributed by atoms with Crippen LogP contribution in [0, 0.1) is 13.8 Å². The molecule has 0 aromatic carbocycles. The number of hydrogen-bond donors (Lipinski definition) is 0. The van der Waals surface area contributed by atoms with E-state index in [0.29, 0.717) is 5.88 Å². The van der Waals surface area contributed by atoms with Crippen LogP contribution in [0.3, 0.4) is 0 Å². The van der Waals surface area contributed by atoms with Gasteiger partial charge >= 0.3 is 0 Å². The highest BCUT2D eigenvalue weighted by molar-refractivity contribution is 6.16. The molecule has 0 radical (unpaired) electrons. The lowest BCUT2D eigenvalue weighted by Crippen LogP contribution is -1.98. The molecular weight excluding hydrogens is 214 g/mol. The second-order valence-corrected chi connectivity index (χ2v) is 3.74. The summed E-state index contributed by atoms with van der Waals surface area (Å²) in [4.78, 5) is 4.15. The fourth-order valence-electron chi connectivity index (χ4n) is 1.47. The highest BCUT2D eigenvalue weighted by atomic mass is 35.5. The molecule has 0 fully saturated rings. The van der Waals surface area contributed by atoms with Gasteiger partial charge in [0.25, 0.3) is 0 Å². The molecule has 2 aromatic heterocycles. The van der Waals surface area contributed by atoms with Crippen molar-refractivity contribution < 1.29 is 4.52 Å². The third-order valence-corrected chi connectivity index (χ3v) is 2.62. The zero-order valence-electron chi connectivity index (χ0n) is 8.70. The van der Waals surface area contributed by atoms with Crippen LogP contribution in [0.25, 0.3) is 0 Å². The monoisotopic (exact) mass is 225 g/mol. The van der Waals surface area contributed by atoms with Gasteiger partial charge in [0.15, 0.2) is 0 Å². The van der Waals surface area contributed by atoms with Crippen molar-refractivity contribution in [3.8, 4) is 0 Å². The lowest BCUT2D eigenvalue weighted by molar-refractivity contribution is 0.392. The molecule has 0 unspecified atom stereocenters. The molecule has 2 aromatic rings. The predicted octanol–water partition coefficient (Wildman–Crippen LogP) is 2.28. The average molecular weight is 226 g/mol. The quantitative estimate of drug-likeness (QED) is 0.753. The maximum absolute atomic E-state index is 5.68. The van der Waals surface area contributed by atoms with Gasteiger partial charge in [-0.2, -0.15) is 0 Å². The third-order valence-electron chi connectivity index (χ3n) is 2.35. The maximum Gasteiger partial charge on any atom is 0.138 e. The summed E-state index contributed by atoms with van der Waals surface area (Å²) in [7, 11) is 0. The van der Waals surface area contributed by atoms with Crippen LogP contribution in [0.1, 0.15) is 22.7 Å². The topological polar surface area (TPSA) is 43.9 Å². The highest BCUT2D eigenvalue weighted by Crippen LogP contribution is 2.14. The van der Waals surface area contributed by atoms with E-state index in [1.54, 1.807) is 6.33 Å². The molecule has 0 bridgehead atoms. The number of halogens is 1. The lowest BCUT2D eigenvalue weighted by Gasteiger charge is -2.00. The van der Waals surface area contributed by atoms with Crippen molar-refractivity contribution in [2.75, 3.05) is 0 Å². The van der Waals surface area contributed by atoms with E-state index in [1.807, 2.05) is 24.6 Å². The van der Waals surface area contributed by atoms with E-state index < -0.39 is 0 Å². The Morgan fingerprint density at radius 3 is 2.80 bits per heavy atom. The molecule has 0 amide bonds. The second kappa shape index (κ2) is 4.06. The molecule has 0 aliphatic heterocycles. The summed E-state index contributed by atoms with van der Waals surface area (Å²) in [6.07, 6.45) is 3.70. The minimum absolute atomic E-state index is 0.439. The summed E-state index contributed by atoms with van der Waals surface area (Å²) in [6.45, 7) is 4.57. The van der Waals surface area contributed by atoms with Crippen molar-refractivity contribution >= 4 is 11.6 Å². The fourth-order valence-corrected chi connectivity index (χ4v) is 1.61. The SMILES string of the molecule is Cc1noc(C)c1Cn1cnc(CCl)c1. The fraction of sp³-hybridized carbons (Fsp3) is 0.400. The van der Waals surface area contributed by atoms with Crippen LogP contribution < -0.4 is 0 Å². The molecular formula is C10H12ClN3O. The van der Waals surface area contributed by atoms with Crippen LogP contribution in [-0.4, -0.2) is 14.7 Å². The Kier molecular flexibility index (Phi) is 2.77. The minimum Gasteiger partial charge on any atom is -0.361 e. The van der Waals surface area contributed by atoms with E-state index in [1.165, 1.54) is 0 Å². The molecule has 2 rings (SSSR count). The molecule has 0 saturated heterocycles. The van der Waals surface area contributed by atoms with Gasteiger partial charge in [0.1, 0.15) is 5.76 Å². The third kappa shape index (κ3) is 2.04. The first-order valence-electron chi connectivity index (χ1n) is 4.69. The van der Waals surface area contributed by atoms with Gasteiger partial charge < -0.3 is 9.09 Å². The Labute approximate surface area is 92.9 Å². The summed E-state index contributed by atoms with van der Waals surface area (Å²) >= 11 is 5.68. The molecule has 0 aliphatic carbocycles. The van der Waals surface area contributed by atoms with Crippen molar-refractivity contribution in [2.45, 2.75) is 26.3 Å². The van der Waals surface area contributed by atoms with Crippen molar-refractivity contribution in [2.24, 2.45) is 0 Å². The molecule has 0 aliphatic rings. The van der Waals surface area contributed by atoms with Crippen LogP contribution >= 0.6 is 11.6 Å². The van der Waals surface area contributed by atoms with Crippen LogP contribution in [0.15, 0.2) is 17.0 Å². The molecule has 0 N–H and O–H groups in total. The largest absolute Gasteiger partial charge is 0.361 e. The standard InChI is InChI=1S/C10H12ClN3O/c1-7-10(8(2)15-13-7)5-14-4-9(3-11)12-6-14/h4,6H,3,5H2,1-2H3. The van der Waals surface area contributed by atoms with Gasteiger partial charge in [0.05, 0.1) is 30.1 Å². The Hall–Kier alpha value is -1.29. The van der Waals surface area contributed by atoms with Crippen LogP contribution in [0.5, 0.6) is 0 Å². The van der Waals surface area contributed by atoms with Gasteiger partial charge in [-0.3, -0.25) is 0 Å². The molecule has 2 heterocycles. The van der Waals surface area contributed by atoms with E-state index in [-0.39, 0.29) is 0 Å². The maximum atomic E-state index is 5.68.